The minimum absolute atomic E-state index is 0.0297. The van der Waals surface area contributed by atoms with Crippen LogP contribution in [0.25, 0.3) is 0 Å². The predicted octanol–water partition coefficient (Wildman–Crippen LogP) is 1.46. The van der Waals surface area contributed by atoms with Crippen molar-refractivity contribution in [2.75, 3.05) is 26.2 Å². The molecule has 0 rings (SSSR count). The largest absolute Gasteiger partial charge is 0.356 e. The van der Waals surface area contributed by atoms with E-state index in [-0.39, 0.29) is 23.1 Å². The van der Waals surface area contributed by atoms with E-state index in [9.17, 15) is 9.59 Å². The maximum absolute atomic E-state index is 11.6. The quantitative estimate of drug-likeness (QED) is 0.564. The van der Waals surface area contributed by atoms with Crippen LogP contribution < -0.4 is 16.0 Å². The van der Waals surface area contributed by atoms with Gasteiger partial charge < -0.3 is 16.0 Å². The number of amides is 2. The van der Waals surface area contributed by atoms with Crippen LogP contribution in [0.1, 0.15) is 41.0 Å². The van der Waals surface area contributed by atoms with Crippen molar-refractivity contribution in [3.8, 4) is 0 Å². The number of hydrogen-bond acceptors (Lipinski definition) is 3. The summed E-state index contributed by atoms with van der Waals surface area (Å²) in [5, 5.41) is 9.12. The highest BCUT2D eigenvalue weighted by Gasteiger charge is 2.14. The highest BCUT2D eigenvalue weighted by molar-refractivity contribution is 5.92. The van der Waals surface area contributed by atoms with E-state index < -0.39 is 0 Å². The molecule has 0 radical (unpaired) electrons. The monoisotopic (exact) mass is 297 g/mol. The van der Waals surface area contributed by atoms with Crippen molar-refractivity contribution < 1.29 is 9.59 Å². The van der Waals surface area contributed by atoms with Gasteiger partial charge in [0.2, 0.25) is 11.8 Å². The van der Waals surface area contributed by atoms with Crippen LogP contribution in [0.3, 0.4) is 0 Å². The molecule has 0 aliphatic carbocycles. The van der Waals surface area contributed by atoms with Crippen LogP contribution in [-0.2, 0) is 9.59 Å². The smallest absolute Gasteiger partial charge is 0.246 e. The molecule has 21 heavy (non-hydrogen) atoms. The van der Waals surface area contributed by atoms with Gasteiger partial charge >= 0.3 is 0 Å². The fourth-order valence-electron chi connectivity index (χ4n) is 1.64. The Morgan fingerprint density at radius 3 is 2.14 bits per heavy atom. The Hall–Kier alpha value is -1.36. The third-order valence-electron chi connectivity index (χ3n) is 2.94. The van der Waals surface area contributed by atoms with E-state index in [1.807, 2.05) is 6.92 Å². The molecule has 1 atom stereocenters. The van der Waals surface area contributed by atoms with Gasteiger partial charge in [-0.3, -0.25) is 9.59 Å². The summed E-state index contributed by atoms with van der Waals surface area (Å²) in [6.45, 7) is 16.3. The fourth-order valence-corrected chi connectivity index (χ4v) is 1.64. The second-order valence-corrected chi connectivity index (χ2v) is 6.71. The summed E-state index contributed by atoms with van der Waals surface area (Å²) in [7, 11) is 0. The van der Waals surface area contributed by atoms with Gasteiger partial charge in [-0.05, 0) is 12.3 Å². The van der Waals surface area contributed by atoms with Crippen molar-refractivity contribution in [1.29, 1.82) is 0 Å². The van der Waals surface area contributed by atoms with Gasteiger partial charge in [0.15, 0.2) is 0 Å². The highest BCUT2D eigenvalue weighted by atomic mass is 16.2. The summed E-state index contributed by atoms with van der Waals surface area (Å²) in [6.07, 6.45) is 0.472. The summed E-state index contributed by atoms with van der Waals surface area (Å²) in [5.41, 5.74) is 0.701. The van der Waals surface area contributed by atoms with Gasteiger partial charge in [-0.1, -0.05) is 34.3 Å². The zero-order valence-electron chi connectivity index (χ0n) is 14.1. The first kappa shape index (κ1) is 19.6. The van der Waals surface area contributed by atoms with Crippen molar-refractivity contribution in [3.05, 3.63) is 12.2 Å². The van der Waals surface area contributed by atoms with Gasteiger partial charge in [-0.15, -0.1) is 0 Å². The standard InChI is InChI=1S/C16H31N3O2/c1-7-14(20)18-9-13(8-17-11-16(4,5)6)10-19-15(21)12(2)3/h13,17H,2,7-11H2,1,3-6H3,(H,18,20)(H,19,21). The molecule has 0 fully saturated rings. The number of carbonyl (C=O) groups excluding carboxylic acids is 2. The molecule has 0 aromatic carbocycles. The first-order valence-electron chi connectivity index (χ1n) is 7.56. The van der Waals surface area contributed by atoms with E-state index in [0.29, 0.717) is 25.1 Å². The Morgan fingerprint density at radius 2 is 1.67 bits per heavy atom. The summed E-state index contributed by atoms with van der Waals surface area (Å²) in [4.78, 5) is 22.9. The summed E-state index contributed by atoms with van der Waals surface area (Å²) >= 11 is 0. The Bertz CT molecular complexity index is 359. The molecule has 5 nitrogen and oxygen atoms in total. The van der Waals surface area contributed by atoms with Crippen LogP contribution in [0, 0.1) is 11.3 Å². The average Bonchev–Trinajstić information content (AvgIpc) is 2.38. The molecule has 2 amide bonds. The third kappa shape index (κ3) is 11.0. The lowest BCUT2D eigenvalue weighted by molar-refractivity contribution is -0.120. The van der Waals surface area contributed by atoms with Gasteiger partial charge in [0.1, 0.15) is 0 Å². The molecule has 0 heterocycles. The van der Waals surface area contributed by atoms with E-state index in [0.717, 1.165) is 13.1 Å². The van der Waals surface area contributed by atoms with Crippen molar-refractivity contribution in [2.24, 2.45) is 11.3 Å². The number of hydrogen-bond donors (Lipinski definition) is 3. The van der Waals surface area contributed by atoms with Crippen molar-refractivity contribution >= 4 is 11.8 Å². The van der Waals surface area contributed by atoms with Crippen LogP contribution >= 0.6 is 0 Å². The van der Waals surface area contributed by atoms with Gasteiger partial charge in [0.25, 0.3) is 0 Å². The summed E-state index contributed by atoms with van der Waals surface area (Å²) in [6, 6.07) is 0. The molecule has 0 bridgehead atoms. The normalized spacial score (nSPS) is 12.6. The molecule has 0 spiro atoms. The zero-order valence-corrected chi connectivity index (χ0v) is 14.1. The number of nitrogens with one attached hydrogen (secondary N) is 3. The Morgan fingerprint density at radius 1 is 1.10 bits per heavy atom. The topological polar surface area (TPSA) is 70.2 Å². The maximum Gasteiger partial charge on any atom is 0.246 e. The first-order chi connectivity index (χ1) is 9.65. The van der Waals surface area contributed by atoms with E-state index in [1.165, 1.54) is 0 Å². The van der Waals surface area contributed by atoms with Gasteiger partial charge in [0.05, 0.1) is 0 Å². The lowest BCUT2D eigenvalue weighted by Gasteiger charge is -2.23. The van der Waals surface area contributed by atoms with E-state index >= 15 is 0 Å². The molecule has 0 saturated heterocycles. The maximum atomic E-state index is 11.6. The van der Waals surface area contributed by atoms with Crippen LogP contribution in [0.15, 0.2) is 12.2 Å². The molecule has 0 aromatic rings. The third-order valence-corrected chi connectivity index (χ3v) is 2.94. The van der Waals surface area contributed by atoms with E-state index in [1.54, 1.807) is 6.92 Å². The highest BCUT2D eigenvalue weighted by Crippen LogP contribution is 2.10. The number of rotatable bonds is 9. The Kier molecular flexibility index (Phi) is 8.93. The fraction of sp³-hybridized carbons (Fsp3) is 0.750. The Labute approximate surface area is 128 Å². The molecule has 0 aromatic heterocycles. The SMILES string of the molecule is C=C(C)C(=O)NCC(CNCC(C)(C)C)CNC(=O)CC. The van der Waals surface area contributed by atoms with Gasteiger partial charge in [0, 0.05) is 44.1 Å². The molecule has 5 heteroatoms. The van der Waals surface area contributed by atoms with Crippen LogP contribution in [0.5, 0.6) is 0 Å². The molecule has 0 aliphatic heterocycles. The molecular formula is C16H31N3O2. The first-order valence-corrected chi connectivity index (χ1v) is 7.56. The molecule has 122 valence electrons. The molecule has 0 aliphatic rings. The molecule has 0 saturated carbocycles. The van der Waals surface area contributed by atoms with E-state index in [2.05, 4.69) is 43.3 Å². The minimum atomic E-state index is -0.141. The van der Waals surface area contributed by atoms with Crippen LogP contribution in [0.2, 0.25) is 0 Å². The summed E-state index contributed by atoms with van der Waals surface area (Å²) < 4.78 is 0. The van der Waals surface area contributed by atoms with Gasteiger partial charge in [-0.2, -0.15) is 0 Å². The van der Waals surface area contributed by atoms with E-state index in [4.69, 9.17) is 0 Å². The van der Waals surface area contributed by atoms with Crippen molar-refractivity contribution in [3.63, 3.8) is 0 Å². The average molecular weight is 297 g/mol. The van der Waals surface area contributed by atoms with Gasteiger partial charge in [-0.25, -0.2) is 0 Å². The second kappa shape index (κ2) is 9.55. The van der Waals surface area contributed by atoms with Crippen molar-refractivity contribution in [1.82, 2.24) is 16.0 Å². The lowest BCUT2D eigenvalue weighted by atomic mass is 9.96. The van der Waals surface area contributed by atoms with Crippen LogP contribution in [-0.4, -0.2) is 38.0 Å². The Balaban J connectivity index is 4.29. The second-order valence-electron chi connectivity index (χ2n) is 6.71. The van der Waals surface area contributed by atoms with Crippen LogP contribution in [0.4, 0.5) is 0 Å². The molecule has 3 N–H and O–H groups in total. The predicted molar refractivity (Wildman–Crippen MR) is 86.9 cm³/mol. The van der Waals surface area contributed by atoms with Crippen molar-refractivity contribution in [2.45, 2.75) is 41.0 Å². The summed E-state index contributed by atoms with van der Waals surface area (Å²) in [5.74, 6) is 0.0471. The zero-order chi connectivity index (χ0) is 16.5. The molecular weight excluding hydrogens is 266 g/mol. The lowest BCUT2D eigenvalue weighted by Crippen LogP contribution is -2.42. The number of carbonyl (C=O) groups is 2. The molecule has 1 unspecified atom stereocenters. The minimum Gasteiger partial charge on any atom is -0.356 e.